The lowest BCUT2D eigenvalue weighted by molar-refractivity contribution is 0.412. The van der Waals surface area contributed by atoms with E-state index in [9.17, 15) is 8.42 Å². The predicted molar refractivity (Wildman–Crippen MR) is 79.9 cm³/mol. The molecule has 0 saturated carbocycles. The van der Waals surface area contributed by atoms with Gasteiger partial charge >= 0.3 is 0 Å². The van der Waals surface area contributed by atoms with Crippen molar-refractivity contribution < 1.29 is 8.42 Å². The summed E-state index contributed by atoms with van der Waals surface area (Å²) in [4.78, 5) is 6.28. The molecule has 7 heteroatoms. The van der Waals surface area contributed by atoms with Crippen LogP contribution in [0.3, 0.4) is 0 Å². The van der Waals surface area contributed by atoms with E-state index in [1.807, 2.05) is 19.0 Å². The van der Waals surface area contributed by atoms with Crippen LogP contribution in [0.4, 0.5) is 5.82 Å². The van der Waals surface area contributed by atoms with Crippen molar-refractivity contribution in [3.63, 3.8) is 0 Å². The number of anilines is 1. The molecular weight excluding hydrogens is 276 g/mol. The minimum absolute atomic E-state index is 0.232. The molecule has 108 valence electrons. The fourth-order valence-electron chi connectivity index (χ4n) is 1.77. The first-order valence-electron chi connectivity index (χ1n) is 6.19. The number of hydrogen-bond acceptors (Lipinski definition) is 5. The molecular formula is C13H18N4O2S. The Morgan fingerprint density at radius 1 is 1.25 bits per heavy atom. The Hall–Kier alpha value is -1.70. The Bertz CT molecular complexity index is 713. The number of nitrogens with one attached hydrogen (secondary N) is 1. The van der Waals surface area contributed by atoms with Gasteiger partial charge < -0.3 is 10.6 Å². The van der Waals surface area contributed by atoms with Gasteiger partial charge in [0, 0.05) is 18.5 Å². The smallest absolute Gasteiger partial charge is 0.240 e. The molecule has 0 fully saturated rings. The second-order valence-electron chi connectivity index (χ2n) is 4.79. The Labute approximate surface area is 118 Å². The maximum Gasteiger partial charge on any atom is 0.240 e. The molecule has 0 spiro atoms. The van der Waals surface area contributed by atoms with Crippen molar-refractivity contribution in [2.75, 3.05) is 32.9 Å². The molecule has 20 heavy (non-hydrogen) atoms. The Morgan fingerprint density at radius 2 is 2.00 bits per heavy atom. The van der Waals surface area contributed by atoms with E-state index >= 15 is 0 Å². The molecule has 0 unspecified atom stereocenters. The molecule has 0 radical (unpaired) electrons. The molecule has 1 aromatic heterocycles. The van der Waals surface area contributed by atoms with Crippen LogP contribution in [0.15, 0.2) is 35.2 Å². The van der Waals surface area contributed by atoms with E-state index in [4.69, 9.17) is 5.73 Å². The van der Waals surface area contributed by atoms with Crippen LogP contribution in [-0.4, -0.2) is 45.5 Å². The second kappa shape index (κ2) is 5.74. The Kier molecular flexibility index (Phi) is 4.22. The second-order valence-corrected chi connectivity index (χ2v) is 6.56. The number of aromatic nitrogens is 1. The van der Waals surface area contributed by atoms with Crippen molar-refractivity contribution >= 4 is 26.7 Å². The van der Waals surface area contributed by atoms with Gasteiger partial charge in [-0.15, -0.1) is 0 Å². The van der Waals surface area contributed by atoms with E-state index in [1.54, 1.807) is 24.3 Å². The molecule has 2 rings (SSSR count). The fourth-order valence-corrected chi connectivity index (χ4v) is 2.83. The maximum atomic E-state index is 12.1. The fraction of sp³-hybridized carbons (Fsp3) is 0.308. The standard InChI is InChI=1S/C13H18N4O2S/c1-17(2)8-7-15-20(18,19)11-4-5-12-10(9-11)3-6-13(14)16-12/h3-6,9,15H,7-8H2,1-2H3,(H2,14,16). The first-order chi connectivity index (χ1) is 9.38. The lowest BCUT2D eigenvalue weighted by atomic mass is 10.2. The van der Waals surface area contributed by atoms with E-state index in [0.717, 1.165) is 5.39 Å². The van der Waals surface area contributed by atoms with Gasteiger partial charge in [0.05, 0.1) is 10.4 Å². The van der Waals surface area contributed by atoms with Crippen LogP contribution in [-0.2, 0) is 10.0 Å². The number of nitrogens with two attached hydrogens (primary N) is 1. The summed E-state index contributed by atoms with van der Waals surface area (Å²) in [5, 5.41) is 0.745. The third-order valence-electron chi connectivity index (χ3n) is 2.84. The predicted octanol–water partition coefficient (Wildman–Crippen LogP) is 0.657. The third kappa shape index (κ3) is 3.44. The number of likely N-dealkylation sites (N-methyl/N-ethyl adjacent to an activating group) is 1. The number of nitrogens with zero attached hydrogens (tertiary/aromatic N) is 2. The summed E-state index contributed by atoms with van der Waals surface area (Å²) >= 11 is 0. The van der Waals surface area contributed by atoms with Crippen LogP contribution >= 0.6 is 0 Å². The van der Waals surface area contributed by atoms with Gasteiger partial charge in [0.2, 0.25) is 10.0 Å². The monoisotopic (exact) mass is 294 g/mol. The molecule has 0 aliphatic rings. The van der Waals surface area contributed by atoms with Crippen LogP contribution in [0.25, 0.3) is 10.9 Å². The summed E-state index contributed by atoms with van der Waals surface area (Å²) in [7, 11) is 0.285. The van der Waals surface area contributed by atoms with Crippen molar-refractivity contribution in [1.29, 1.82) is 0 Å². The van der Waals surface area contributed by atoms with Crippen LogP contribution in [0.2, 0.25) is 0 Å². The Morgan fingerprint density at radius 3 is 2.70 bits per heavy atom. The molecule has 0 aliphatic carbocycles. The van der Waals surface area contributed by atoms with Gasteiger partial charge in [-0.1, -0.05) is 0 Å². The average molecular weight is 294 g/mol. The van der Waals surface area contributed by atoms with E-state index in [-0.39, 0.29) is 4.90 Å². The van der Waals surface area contributed by atoms with Crippen molar-refractivity contribution in [3.05, 3.63) is 30.3 Å². The minimum atomic E-state index is -3.49. The summed E-state index contributed by atoms with van der Waals surface area (Å²) in [5.41, 5.74) is 6.27. The molecule has 6 nitrogen and oxygen atoms in total. The molecule has 0 saturated heterocycles. The van der Waals surface area contributed by atoms with Crippen molar-refractivity contribution in [2.45, 2.75) is 4.90 Å². The molecule has 0 atom stereocenters. The van der Waals surface area contributed by atoms with Crippen molar-refractivity contribution in [3.8, 4) is 0 Å². The largest absolute Gasteiger partial charge is 0.384 e. The maximum absolute atomic E-state index is 12.1. The quantitative estimate of drug-likeness (QED) is 0.845. The van der Waals surface area contributed by atoms with Gasteiger partial charge in [-0.2, -0.15) is 0 Å². The molecule has 0 amide bonds. The first kappa shape index (κ1) is 14.7. The van der Waals surface area contributed by atoms with Crippen LogP contribution in [0.1, 0.15) is 0 Å². The number of nitrogen functional groups attached to an aromatic ring is 1. The van der Waals surface area contributed by atoms with E-state index in [2.05, 4.69) is 9.71 Å². The van der Waals surface area contributed by atoms with E-state index in [0.29, 0.717) is 24.4 Å². The highest BCUT2D eigenvalue weighted by atomic mass is 32.2. The van der Waals surface area contributed by atoms with Gasteiger partial charge in [-0.05, 0) is 44.4 Å². The molecule has 1 heterocycles. The SMILES string of the molecule is CN(C)CCNS(=O)(=O)c1ccc2nc(N)ccc2c1. The number of benzene rings is 1. The number of fused-ring (bicyclic) bond motifs is 1. The summed E-state index contributed by atoms with van der Waals surface area (Å²) in [5.74, 6) is 0.414. The number of pyridine rings is 1. The topological polar surface area (TPSA) is 88.3 Å². The highest BCUT2D eigenvalue weighted by Crippen LogP contribution is 2.18. The summed E-state index contributed by atoms with van der Waals surface area (Å²) in [6.45, 7) is 1.01. The van der Waals surface area contributed by atoms with Gasteiger partial charge in [-0.3, -0.25) is 0 Å². The number of hydrogen-bond donors (Lipinski definition) is 2. The minimum Gasteiger partial charge on any atom is -0.384 e. The Balaban J connectivity index is 2.25. The first-order valence-corrected chi connectivity index (χ1v) is 7.67. The lowest BCUT2D eigenvalue weighted by Gasteiger charge is -2.11. The molecule has 0 aliphatic heterocycles. The van der Waals surface area contributed by atoms with Gasteiger partial charge in [0.1, 0.15) is 5.82 Å². The summed E-state index contributed by atoms with van der Waals surface area (Å²) < 4.78 is 26.9. The molecule has 3 N–H and O–H groups in total. The highest BCUT2D eigenvalue weighted by Gasteiger charge is 2.14. The summed E-state index contributed by atoms with van der Waals surface area (Å²) in [6, 6.07) is 8.20. The zero-order valence-electron chi connectivity index (χ0n) is 11.5. The average Bonchev–Trinajstić information content (AvgIpc) is 2.37. The van der Waals surface area contributed by atoms with E-state index in [1.165, 1.54) is 6.07 Å². The molecule has 1 aromatic carbocycles. The van der Waals surface area contributed by atoms with Crippen LogP contribution in [0, 0.1) is 0 Å². The zero-order valence-corrected chi connectivity index (χ0v) is 12.3. The van der Waals surface area contributed by atoms with Gasteiger partial charge in [0.25, 0.3) is 0 Å². The highest BCUT2D eigenvalue weighted by molar-refractivity contribution is 7.89. The number of sulfonamides is 1. The molecule has 2 aromatic rings. The number of rotatable bonds is 5. The van der Waals surface area contributed by atoms with Gasteiger partial charge in [0.15, 0.2) is 0 Å². The van der Waals surface area contributed by atoms with E-state index < -0.39 is 10.0 Å². The lowest BCUT2D eigenvalue weighted by Crippen LogP contribution is -2.31. The normalized spacial score (nSPS) is 12.2. The van der Waals surface area contributed by atoms with Crippen LogP contribution in [0.5, 0.6) is 0 Å². The summed E-state index contributed by atoms with van der Waals surface area (Å²) in [6.07, 6.45) is 0. The van der Waals surface area contributed by atoms with Gasteiger partial charge in [-0.25, -0.2) is 18.1 Å². The van der Waals surface area contributed by atoms with Crippen LogP contribution < -0.4 is 10.5 Å². The third-order valence-corrected chi connectivity index (χ3v) is 4.30. The molecule has 0 bridgehead atoms. The van der Waals surface area contributed by atoms with Crippen molar-refractivity contribution in [2.24, 2.45) is 0 Å². The zero-order chi connectivity index (χ0) is 14.8. The van der Waals surface area contributed by atoms with Crippen molar-refractivity contribution in [1.82, 2.24) is 14.6 Å².